The third kappa shape index (κ3) is 2.09. The first-order chi connectivity index (χ1) is 8.89. The van der Waals surface area contributed by atoms with E-state index < -0.39 is 0 Å². The minimum absolute atomic E-state index is 0.0771. The molecule has 0 aromatic rings. The molecule has 0 unspecified atom stereocenters. The lowest BCUT2D eigenvalue weighted by Gasteiger charge is -2.28. The van der Waals surface area contributed by atoms with Crippen molar-refractivity contribution < 1.29 is 14.3 Å². The standard InChI is InChI=1S/C16H22O3/c1-9-7-10(2)19-15(17)11-5-6-12-13(16(12,3)4)8-14(11)18-9/h5-6,8-13H,7H2,1-4H3/t9-,10-,11+,12+,13-/m1/s1. The van der Waals surface area contributed by atoms with Gasteiger partial charge in [0.05, 0.1) is 6.10 Å². The molecule has 0 spiro atoms. The SMILES string of the molecule is C[C@@H]1C[C@@H](C)OC2=C[C@@H]3[C@H](C=C[C@@H]2C(=O)O1)C3(C)C. The first-order valence-electron chi connectivity index (χ1n) is 7.17. The second kappa shape index (κ2) is 4.12. The molecule has 0 N–H and O–H groups in total. The molecule has 0 amide bonds. The smallest absolute Gasteiger partial charge is 0.320 e. The van der Waals surface area contributed by atoms with Crippen LogP contribution in [-0.2, 0) is 14.3 Å². The summed E-state index contributed by atoms with van der Waals surface area (Å²) < 4.78 is 11.5. The number of fused-ring (bicyclic) bond motifs is 2. The van der Waals surface area contributed by atoms with Crippen LogP contribution in [0.25, 0.3) is 0 Å². The Morgan fingerprint density at radius 2 is 1.79 bits per heavy atom. The Morgan fingerprint density at radius 1 is 1.11 bits per heavy atom. The zero-order valence-electron chi connectivity index (χ0n) is 12.1. The van der Waals surface area contributed by atoms with E-state index in [1.807, 2.05) is 19.9 Å². The molecule has 1 saturated carbocycles. The highest BCUT2D eigenvalue weighted by molar-refractivity contribution is 5.78. The zero-order chi connectivity index (χ0) is 13.8. The third-order valence-electron chi connectivity index (χ3n) is 4.73. The van der Waals surface area contributed by atoms with E-state index in [1.165, 1.54) is 0 Å². The second-order valence-corrected chi connectivity index (χ2v) is 6.72. The Morgan fingerprint density at radius 3 is 2.53 bits per heavy atom. The van der Waals surface area contributed by atoms with E-state index in [1.54, 1.807) is 0 Å². The molecule has 2 aliphatic carbocycles. The minimum atomic E-state index is -0.353. The largest absolute Gasteiger partial charge is 0.494 e. The van der Waals surface area contributed by atoms with Gasteiger partial charge in [0.1, 0.15) is 17.8 Å². The number of allylic oxidation sites excluding steroid dienone is 2. The Bertz CT molecular complexity index is 461. The zero-order valence-corrected chi connectivity index (χ0v) is 12.1. The lowest BCUT2D eigenvalue weighted by atomic mass is 10.00. The molecule has 1 heterocycles. The number of carbonyl (C=O) groups is 1. The highest BCUT2D eigenvalue weighted by Gasteiger charge is 2.56. The van der Waals surface area contributed by atoms with Crippen LogP contribution < -0.4 is 0 Å². The molecule has 2 fully saturated rings. The Labute approximate surface area is 114 Å². The van der Waals surface area contributed by atoms with E-state index in [-0.39, 0.29) is 24.1 Å². The lowest BCUT2D eigenvalue weighted by Crippen LogP contribution is -2.31. The number of rotatable bonds is 0. The summed E-state index contributed by atoms with van der Waals surface area (Å²) in [6.07, 6.45) is 7.05. The summed E-state index contributed by atoms with van der Waals surface area (Å²) in [6.45, 7) is 8.48. The van der Waals surface area contributed by atoms with Crippen molar-refractivity contribution >= 4 is 5.97 Å². The van der Waals surface area contributed by atoms with E-state index in [2.05, 4.69) is 26.0 Å². The molecule has 0 radical (unpaired) electrons. The number of esters is 1. The van der Waals surface area contributed by atoms with Gasteiger partial charge in [-0.1, -0.05) is 26.0 Å². The van der Waals surface area contributed by atoms with Crippen molar-refractivity contribution in [2.45, 2.75) is 46.3 Å². The maximum Gasteiger partial charge on any atom is 0.320 e. The van der Waals surface area contributed by atoms with Gasteiger partial charge in [-0.05, 0) is 37.2 Å². The summed E-state index contributed by atoms with van der Waals surface area (Å²) in [7, 11) is 0. The maximum atomic E-state index is 12.2. The lowest BCUT2D eigenvalue weighted by molar-refractivity contribution is -0.155. The van der Waals surface area contributed by atoms with Crippen LogP contribution in [0.15, 0.2) is 24.0 Å². The molecular weight excluding hydrogens is 240 g/mol. The van der Waals surface area contributed by atoms with Crippen molar-refractivity contribution in [3.8, 4) is 0 Å². The summed E-state index contributed by atoms with van der Waals surface area (Å²) in [6, 6.07) is 0. The van der Waals surface area contributed by atoms with Crippen LogP contribution in [0, 0.1) is 23.2 Å². The molecule has 1 aliphatic heterocycles. The van der Waals surface area contributed by atoms with Crippen molar-refractivity contribution in [2.24, 2.45) is 23.2 Å². The van der Waals surface area contributed by atoms with Crippen LogP contribution in [0.4, 0.5) is 0 Å². The van der Waals surface area contributed by atoms with Gasteiger partial charge in [-0.25, -0.2) is 0 Å². The number of hydrogen-bond acceptors (Lipinski definition) is 3. The quantitative estimate of drug-likeness (QED) is 0.497. The van der Waals surface area contributed by atoms with Crippen molar-refractivity contribution in [3.63, 3.8) is 0 Å². The Kier molecular flexibility index (Phi) is 2.77. The average molecular weight is 262 g/mol. The van der Waals surface area contributed by atoms with Crippen molar-refractivity contribution in [2.75, 3.05) is 0 Å². The highest BCUT2D eigenvalue weighted by atomic mass is 16.6. The van der Waals surface area contributed by atoms with E-state index in [9.17, 15) is 4.79 Å². The van der Waals surface area contributed by atoms with Gasteiger partial charge < -0.3 is 9.47 Å². The molecule has 104 valence electrons. The monoisotopic (exact) mass is 262 g/mol. The molecule has 0 aromatic carbocycles. The first-order valence-corrected chi connectivity index (χ1v) is 7.17. The summed E-state index contributed by atoms with van der Waals surface area (Å²) in [5, 5.41) is 0. The molecule has 0 aromatic heterocycles. The minimum Gasteiger partial charge on any atom is -0.494 e. The van der Waals surface area contributed by atoms with Crippen molar-refractivity contribution in [1.29, 1.82) is 0 Å². The van der Waals surface area contributed by atoms with E-state index in [4.69, 9.17) is 9.47 Å². The van der Waals surface area contributed by atoms with Gasteiger partial charge in [0.2, 0.25) is 0 Å². The van der Waals surface area contributed by atoms with Gasteiger partial charge in [-0.15, -0.1) is 0 Å². The average Bonchev–Trinajstić information content (AvgIpc) is 2.85. The predicted molar refractivity (Wildman–Crippen MR) is 72.2 cm³/mol. The molecular formula is C16H22O3. The maximum absolute atomic E-state index is 12.2. The first kappa shape index (κ1) is 12.8. The van der Waals surface area contributed by atoms with E-state index in [0.717, 1.165) is 12.2 Å². The Balaban J connectivity index is 1.91. The fourth-order valence-corrected chi connectivity index (χ4v) is 3.39. The summed E-state index contributed by atoms with van der Waals surface area (Å²) in [4.78, 5) is 12.2. The molecule has 19 heavy (non-hydrogen) atoms. The van der Waals surface area contributed by atoms with Gasteiger partial charge in [0.15, 0.2) is 0 Å². The van der Waals surface area contributed by atoms with Crippen LogP contribution in [-0.4, -0.2) is 18.2 Å². The van der Waals surface area contributed by atoms with Crippen molar-refractivity contribution in [3.05, 3.63) is 24.0 Å². The predicted octanol–water partition coefficient (Wildman–Crippen LogP) is 3.07. The van der Waals surface area contributed by atoms with Crippen LogP contribution >= 0.6 is 0 Å². The number of carbonyl (C=O) groups excluding carboxylic acids is 1. The number of cyclic esters (lactones) is 1. The topological polar surface area (TPSA) is 35.5 Å². The van der Waals surface area contributed by atoms with Gasteiger partial charge in [0, 0.05) is 6.42 Å². The molecule has 3 aliphatic rings. The van der Waals surface area contributed by atoms with Gasteiger partial charge in [0.25, 0.3) is 0 Å². The van der Waals surface area contributed by atoms with E-state index >= 15 is 0 Å². The van der Waals surface area contributed by atoms with Crippen LogP contribution in [0.1, 0.15) is 34.1 Å². The van der Waals surface area contributed by atoms with Gasteiger partial charge >= 0.3 is 5.97 Å². The second-order valence-electron chi connectivity index (χ2n) is 6.72. The third-order valence-corrected chi connectivity index (χ3v) is 4.73. The summed E-state index contributed by atoms with van der Waals surface area (Å²) >= 11 is 0. The highest BCUT2D eigenvalue weighted by Crippen LogP contribution is 2.61. The molecule has 3 nitrogen and oxygen atoms in total. The molecule has 5 atom stereocenters. The van der Waals surface area contributed by atoms with Crippen LogP contribution in [0.2, 0.25) is 0 Å². The molecule has 3 heteroatoms. The molecule has 3 rings (SSSR count). The Hall–Kier alpha value is -1.25. The van der Waals surface area contributed by atoms with Crippen molar-refractivity contribution in [1.82, 2.24) is 0 Å². The fourth-order valence-electron chi connectivity index (χ4n) is 3.39. The van der Waals surface area contributed by atoms with Gasteiger partial charge in [-0.3, -0.25) is 4.79 Å². The molecule has 1 saturated heterocycles. The fraction of sp³-hybridized carbons (Fsp3) is 0.688. The number of hydrogen-bond donors (Lipinski definition) is 0. The van der Waals surface area contributed by atoms with Crippen LogP contribution in [0.3, 0.4) is 0 Å². The van der Waals surface area contributed by atoms with E-state index in [0.29, 0.717) is 17.3 Å². The normalized spacial score (nSPS) is 43.5. The van der Waals surface area contributed by atoms with Crippen LogP contribution in [0.5, 0.6) is 0 Å². The molecule has 0 bridgehead atoms. The summed E-state index contributed by atoms with van der Waals surface area (Å²) in [5.41, 5.74) is 0.292. The van der Waals surface area contributed by atoms with Gasteiger partial charge in [-0.2, -0.15) is 0 Å². The summed E-state index contributed by atoms with van der Waals surface area (Å²) in [5.74, 6) is 1.27. The number of ether oxygens (including phenoxy) is 2.